The van der Waals surface area contributed by atoms with Gasteiger partial charge in [0.05, 0.1) is 11.0 Å². The van der Waals surface area contributed by atoms with E-state index >= 15 is 0 Å². The lowest BCUT2D eigenvalue weighted by atomic mass is 9.99. The van der Waals surface area contributed by atoms with Gasteiger partial charge < -0.3 is 21.1 Å². The van der Waals surface area contributed by atoms with Crippen molar-refractivity contribution in [3.05, 3.63) is 39.2 Å². The maximum absolute atomic E-state index is 13.7. The van der Waals surface area contributed by atoms with Crippen molar-refractivity contribution < 1.29 is 29.4 Å². The summed E-state index contributed by atoms with van der Waals surface area (Å²) in [6.07, 6.45) is -3.19. The minimum Gasteiger partial charge on any atom is -0.477 e. The molecule has 0 amide bonds. The number of hydrogen-bond acceptors (Lipinski definition) is 6. The number of benzene rings is 1. The quantitative estimate of drug-likeness (QED) is 0.431. The maximum Gasteiger partial charge on any atom is 0.342 e. The zero-order valence-corrected chi connectivity index (χ0v) is 10.2. The Balaban J connectivity index is 3.32. The Morgan fingerprint density at radius 2 is 2.05 bits per heavy atom. The number of rotatable bonds is 6. The van der Waals surface area contributed by atoms with Crippen molar-refractivity contribution in [2.45, 2.75) is 18.6 Å². The normalized spacial score (nSPS) is 13.8. The molecule has 2 atom stereocenters. The maximum atomic E-state index is 13.7. The summed E-state index contributed by atoms with van der Waals surface area (Å²) < 4.78 is 13.7. The van der Waals surface area contributed by atoms with Crippen LogP contribution >= 0.6 is 0 Å². The molecule has 9 heteroatoms. The average Bonchev–Trinajstić information content (AvgIpc) is 2.37. The highest BCUT2D eigenvalue weighted by Gasteiger charge is 2.28. The van der Waals surface area contributed by atoms with E-state index in [0.717, 1.165) is 0 Å². The van der Waals surface area contributed by atoms with Crippen molar-refractivity contribution in [1.29, 1.82) is 0 Å². The lowest BCUT2D eigenvalue weighted by Crippen LogP contribution is -2.23. The molecular weight excluding hydrogens is 275 g/mol. The number of nitro benzene ring substituents is 1. The Kier molecular flexibility index (Phi) is 5.08. The minimum absolute atomic E-state index is 0.0230. The van der Waals surface area contributed by atoms with Crippen LogP contribution in [-0.4, -0.2) is 38.9 Å². The highest BCUT2D eigenvalue weighted by molar-refractivity contribution is 5.92. The van der Waals surface area contributed by atoms with E-state index in [2.05, 4.69) is 0 Å². The molecule has 0 radical (unpaired) electrons. The number of aliphatic hydroxyl groups is 2. The van der Waals surface area contributed by atoms with E-state index in [9.17, 15) is 29.5 Å². The van der Waals surface area contributed by atoms with Gasteiger partial charge in [-0.05, 0) is 19.0 Å². The van der Waals surface area contributed by atoms with Crippen molar-refractivity contribution in [2.24, 2.45) is 5.73 Å². The fourth-order valence-corrected chi connectivity index (χ4v) is 1.66. The van der Waals surface area contributed by atoms with Crippen LogP contribution in [0.2, 0.25) is 0 Å². The minimum atomic E-state index is -1.74. The zero-order chi connectivity index (χ0) is 15.4. The van der Waals surface area contributed by atoms with Gasteiger partial charge in [-0.1, -0.05) is 0 Å². The first kappa shape index (κ1) is 16.0. The van der Waals surface area contributed by atoms with Gasteiger partial charge in [-0.15, -0.1) is 0 Å². The van der Waals surface area contributed by atoms with Crippen LogP contribution < -0.4 is 5.73 Å². The summed E-state index contributed by atoms with van der Waals surface area (Å²) in [6, 6.07) is 1.04. The largest absolute Gasteiger partial charge is 0.477 e. The molecule has 0 aliphatic rings. The van der Waals surface area contributed by atoms with Gasteiger partial charge in [0.2, 0.25) is 0 Å². The van der Waals surface area contributed by atoms with Crippen LogP contribution in [0.4, 0.5) is 10.1 Å². The van der Waals surface area contributed by atoms with Crippen LogP contribution in [0.25, 0.3) is 0 Å². The lowest BCUT2D eigenvalue weighted by Gasteiger charge is -2.18. The van der Waals surface area contributed by atoms with Gasteiger partial charge in [0.15, 0.2) is 0 Å². The van der Waals surface area contributed by atoms with Gasteiger partial charge in [-0.2, -0.15) is 0 Å². The number of carboxylic acids is 1. The fraction of sp³-hybridized carbons (Fsp3) is 0.364. The molecular formula is C11H13FN2O6. The Hall–Kier alpha value is -2.10. The molecule has 0 fully saturated rings. The van der Waals surface area contributed by atoms with Crippen LogP contribution in [0, 0.1) is 15.9 Å². The number of aromatic carboxylic acids is 1. The topological polar surface area (TPSA) is 147 Å². The van der Waals surface area contributed by atoms with Crippen LogP contribution in [0.15, 0.2) is 12.1 Å². The predicted molar refractivity (Wildman–Crippen MR) is 64.7 cm³/mol. The van der Waals surface area contributed by atoms with E-state index in [1.165, 1.54) is 0 Å². The van der Waals surface area contributed by atoms with Crippen LogP contribution in [0.5, 0.6) is 0 Å². The first-order chi connectivity index (χ1) is 9.29. The molecule has 8 nitrogen and oxygen atoms in total. The van der Waals surface area contributed by atoms with Gasteiger partial charge in [0, 0.05) is 11.6 Å². The van der Waals surface area contributed by atoms with Crippen LogP contribution in [0.1, 0.15) is 28.4 Å². The molecule has 0 spiro atoms. The molecule has 0 aliphatic heterocycles. The van der Waals surface area contributed by atoms with E-state index in [-0.39, 0.29) is 13.0 Å². The second-order valence-electron chi connectivity index (χ2n) is 4.04. The molecule has 0 aliphatic carbocycles. The molecule has 110 valence electrons. The summed E-state index contributed by atoms with van der Waals surface area (Å²) in [4.78, 5) is 20.6. The van der Waals surface area contributed by atoms with E-state index in [1.54, 1.807) is 0 Å². The van der Waals surface area contributed by atoms with Crippen LogP contribution in [0.3, 0.4) is 0 Å². The Labute approximate surface area is 112 Å². The van der Waals surface area contributed by atoms with Crippen molar-refractivity contribution in [3.63, 3.8) is 0 Å². The number of hydrogen-bond donors (Lipinski definition) is 4. The lowest BCUT2D eigenvalue weighted by molar-refractivity contribution is -0.385. The summed E-state index contributed by atoms with van der Waals surface area (Å²) in [5, 5.41) is 38.8. The first-order valence-electron chi connectivity index (χ1n) is 5.57. The summed E-state index contributed by atoms with van der Waals surface area (Å²) in [7, 11) is 0. The number of nitrogens with zero attached hydrogens (tertiary/aromatic N) is 1. The third-order valence-electron chi connectivity index (χ3n) is 2.69. The van der Waals surface area contributed by atoms with Gasteiger partial charge in [-0.3, -0.25) is 10.1 Å². The smallest absolute Gasteiger partial charge is 0.342 e. The molecule has 0 bridgehead atoms. The number of carbonyl (C=O) groups is 1. The first-order valence-corrected chi connectivity index (χ1v) is 5.57. The van der Waals surface area contributed by atoms with Gasteiger partial charge >= 0.3 is 5.97 Å². The fourth-order valence-electron chi connectivity index (χ4n) is 1.66. The van der Waals surface area contributed by atoms with E-state index < -0.39 is 45.7 Å². The number of halogens is 1. The van der Waals surface area contributed by atoms with Gasteiger partial charge in [-0.25, -0.2) is 9.18 Å². The third-order valence-corrected chi connectivity index (χ3v) is 2.69. The molecule has 1 rings (SSSR count). The van der Waals surface area contributed by atoms with Crippen molar-refractivity contribution in [2.75, 3.05) is 6.54 Å². The molecule has 0 saturated heterocycles. The van der Waals surface area contributed by atoms with Gasteiger partial charge in [0.25, 0.3) is 5.69 Å². The average molecular weight is 288 g/mol. The Morgan fingerprint density at radius 3 is 2.50 bits per heavy atom. The second-order valence-corrected chi connectivity index (χ2v) is 4.04. The molecule has 20 heavy (non-hydrogen) atoms. The van der Waals surface area contributed by atoms with Crippen molar-refractivity contribution >= 4 is 11.7 Å². The standard InChI is InChI=1S/C11H13FN2O6/c12-7-3-6(11(17)18)8(14(19)20)4-5(7)10(16)9(15)1-2-13/h3-4,9-10,15-16H,1-2,13H2,(H,17,18). The molecule has 2 unspecified atom stereocenters. The Bertz CT molecular complexity index is 536. The van der Waals surface area contributed by atoms with E-state index in [0.29, 0.717) is 12.1 Å². The summed E-state index contributed by atoms with van der Waals surface area (Å²) in [6.45, 7) is 0.0230. The number of aliphatic hydroxyl groups excluding tert-OH is 2. The predicted octanol–water partition coefficient (Wildman–Crippen LogP) is 0.175. The molecule has 0 aromatic heterocycles. The summed E-state index contributed by atoms with van der Waals surface area (Å²) in [5.74, 6) is -2.82. The highest BCUT2D eigenvalue weighted by Crippen LogP contribution is 2.29. The molecule has 0 heterocycles. The Morgan fingerprint density at radius 1 is 1.45 bits per heavy atom. The zero-order valence-electron chi connectivity index (χ0n) is 10.2. The highest BCUT2D eigenvalue weighted by atomic mass is 19.1. The second kappa shape index (κ2) is 6.37. The SMILES string of the molecule is NCCC(O)C(O)c1cc([N+](=O)[O-])c(C(=O)O)cc1F. The number of nitro groups is 1. The summed E-state index contributed by atoms with van der Waals surface area (Å²) >= 11 is 0. The molecule has 1 aromatic carbocycles. The van der Waals surface area contributed by atoms with Crippen molar-refractivity contribution in [1.82, 2.24) is 0 Å². The molecule has 1 aromatic rings. The van der Waals surface area contributed by atoms with E-state index in [1.807, 2.05) is 0 Å². The molecule has 0 saturated carbocycles. The van der Waals surface area contributed by atoms with E-state index in [4.69, 9.17) is 10.8 Å². The van der Waals surface area contributed by atoms with Gasteiger partial charge in [0.1, 0.15) is 17.5 Å². The van der Waals surface area contributed by atoms with Crippen LogP contribution in [-0.2, 0) is 0 Å². The molecule has 5 N–H and O–H groups in total. The number of carboxylic acid groups (broad SMARTS) is 1. The monoisotopic (exact) mass is 288 g/mol. The third kappa shape index (κ3) is 3.26. The van der Waals surface area contributed by atoms with Crippen molar-refractivity contribution in [3.8, 4) is 0 Å². The number of nitrogens with two attached hydrogens (primary N) is 1. The summed E-state index contributed by atoms with van der Waals surface area (Å²) in [5.41, 5.74) is 2.92.